The van der Waals surface area contributed by atoms with E-state index in [1.54, 1.807) is 0 Å². The van der Waals surface area contributed by atoms with E-state index in [4.69, 9.17) is 10.3 Å². The van der Waals surface area contributed by atoms with Crippen LogP contribution in [-0.2, 0) is 0 Å². The van der Waals surface area contributed by atoms with Crippen LogP contribution < -0.4 is 5.73 Å². The van der Waals surface area contributed by atoms with Crippen LogP contribution in [-0.4, -0.2) is 15.1 Å². The fourth-order valence-corrected chi connectivity index (χ4v) is 1.57. The van der Waals surface area contributed by atoms with Gasteiger partial charge < -0.3 is 15.2 Å². The van der Waals surface area contributed by atoms with Crippen LogP contribution in [0.4, 0.5) is 0 Å². The summed E-state index contributed by atoms with van der Waals surface area (Å²) in [7, 11) is 0. The Hall–Kier alpha value is -1.62. The van der Waals surface area contributed by atoms with Gasteiger partial charge >= 0.3 is 0 Å². The molecule has 0 fully saturated rings. The van der Waals surface area contributed by atoms with Crippen LogP contribution in [0.3, 0.4) is 0 Å². The highest BCUT2D eigenvalue weighted by atomic mass is 16.5. The Labute approximate surface area is 94.0 Å². The molecule has 0 saturated carbocycles. The lowest BCUT2D eigenvalue weighted by Gasteiger charge is -2.08. The molecule has 3 N–H and O–H groups in total. The first kappa shape index (κ1) is 10.9. The second kappa shape index (κ2) is 4.49. The van der Waals surface area contributed by atoms with Crippen molar-refractivity contribution in [3.8, 4) is 11.5 Å². The standard InChI is InChI=1S/C11H16N4O/c1-7(2)6-8(12)11-14-10(15-16-11)9-4-3-5-13-9/h3-5,7-8,13H,6,12H2,1-2H3/t8-/m1/s1. The zero-order chi connectivity index (χ0) is 11.5. The molecule has 1 atom stereocenters. The molecule has 16 heavy (non-hydrogen) atoms. The molecule has 0 radical (unpaired) electrons. The lowest BCUT2D eigenvalue weighted by atomic mass is 10.0. The first-order chi connectivity index (χ1) is 7.66. The fraction of sp³-hybridized carbons (Fsp3) is 0.455. The van der Waals surface area contributed by atoms with Gasteiger partial charge in [0.25, 0.3) is 0 Å². The summed E-state index contributed by atoms with van der Waals surface area (Å²) >= 11 is 0. The van der Waals surface area contributed by atoms with Crippen LogP contribution in [0, 0.1) is 5.92 Å². The van der Waals surface area contributed by atoms with Crippen molar-refractivity contribution in [1.82, 2.24) is 15.1 Å². The quantitative estimate of drug-likeness (QED) is 0.826. The smallest absolute Gasteiger partial charge is 0.243 e. The largest absolute Gasteiger partial charge is 0.359 e. The van der Waals surface area contributed by atoms with E-state index < -0.39 is 0 Å². The lowest BCUT2D eigenvalue weighted by Crippen LogP contribution is -2.13. The predicted octanol–water partition coefficient (Wildman–Crippen LogP) is 2.11. The molecule has 0 unspecified atom stereocenters. The monoisotopic (exact) mass is 220 g/mol. The predicted molar refractivity (Wildman–Crippen MR) is 60.5 cm³/mol. The van der Waals surface area contributed by atoms with E-state index in [-0.39, 0.29) is 6.04 Å². The lowest BCUT2D eigenvalue weighted by molar-refractivity contribution is 0.335. The van der Waals surface area contributed by atoms with Gasteiger partial charge in [0.15, 0.2) is 0 Å². The third-order valence-corrected chi connectivity index (χ3v) is 2.32. The fourth-order valence-electron chi connectivity index (χ4n) is 1.57. The Morgan fingerprint density at radius 2 is 2.31 bits per heavy atom. The number of aromatic amines is 1. The first-order valence-corrected chi connectivity index (χ1v) is 5.39. The number of hydrogen-bond donors (Lipinski definition) is 2. The molecule has 2 rings (SSSR count). The van der Waals surface area contributed by atoms with Gasteiger partial charge in [0.2, 0.25) is 11.7 Å². The minimum atomic E-state index is -0.184. The number of nitrogens with one attached hydrogen (secondary N) is 1. The van der Waals surface area contributed by atoms with Crippen LogP contribution in [0.2, 0.25) is 0 Å². The highest BCUT2D eigenvalue weighted by molar-refractivity contribution is 5.47. The molecule has 5 nitrogen and oxygen atoms in total. The second-order valence-corrected chi connectivity index (χ2v) is 4.28. The maximum atomic E-state index is 5.96. The van der Waals surface area contributed by atoms with Crippen molar-refractivity contribution in [2.45, 2.75) is 26.3 Å². The molecule has 2 aromatic heterocycles. The zero-order valence-electron chi connectivity index (χ0n) is 9.47. The Kier molecular flexibility index (Phi) is 3.05. The van der Waals surface area contributed by atoms with Crippen LogP contribution in [0.1, 0.15) is 32.2 Å². The highest BCUT2D eigenvalue weighted by Gasteiger charge is 2.16. The van der Waals surface area contributed by atoms with E-state index in [9.17, 15) is 0 Å². The minimum absolute atomic E-state index is 0.184. The summed E-state index contributed by atoms with van der Waals surface area (Å²) < 4.78 is 5.14. The number of H-pyrrole nitrogens is 1. The third kappa shape index (κ3) is 2.30. The van der Waals surface area contributed by atoms with E-state index in [2.05, 4.69) is 29.0 Å². The number of aromatic nitrogens is 3. The van der Waals surface area contributed by atoms with Gasteiger partial charge in [0.1, 0.15) is 0 Å². The van der Waals surface area contributed by atoms with Crippen molar-refractivity contribution in [2.24, 2.45) is 11.7 Å². The number of rotatable bonds is 4. The SMILES string of the molecule is CC(C)C[C@@H](N)c1nc(-c2ccc[nH]2)no1. The van der Waals surface area contributed by atoms with Gasteiger partial charge in [-0.3, -0.25) is 0 Å². The summed E-state index contributed by atoms with van der Waals surface area (Å²) in [6, 6.07) is 3.60. The van der Waals surface area contributed by atoms with Gasteiger partial charge in [-0.05, 0) is 24.5 Å². The molecule has 0 spiro atoms. The molecule has 86 valence electrons. The molecule has 2 heterocycles. The average Bonchev–Trinajstić information content (AvgIpc) is 2.87. The van der Waals surface area contributed by atoms with E-state index in [0.29, 0.717) is 17.6 Å². The minimum Gasteiger partial charge on any atom is -0.359 e. The van der Waals surface area contributed by atoms with Crippen molar-refractivity contribution in [1.29, 1.82) is 0 Å². The Morgan fingerprint density at radius 3 is 2.94 bits per heavy atom. The topological polar surface area (TPSA) is 80.7 Å². The number of nitrogens with two attached hydrogens (primary N) is 1. The van der Waals surface area contributed by atoms with Gasteiger partial charge in [-0.2, -0.15) is 4.98 Å². The molecular formula is C11H16N4O. The van der Waals surface area contributed by atoms with Gasteiger partial charge in [0.05, 0.1) is 11.7 Å². The van der Waals surface area contributed by atoms with E-state index in [1.807, 2.05) is 18.3 Å². The van der Waals surface area contributed by atoms with Crippen molar-refractivity contribution in [3.05, 3.63) is 24.2 Å². The first-order valence-electron chi connectivity index (χ1n) is 5.39. The van der Waals surface area contributed by atoms with Gasteiger partial charge in [-0.1, -0.05) is 19.0 Å². The average molecular weight is 220 g/mol. The molecule has 0 aliphatic carbocycles. The molecular weight excluding hydrogens is 204 g/mol. The second-order valence-electron chi connectivity index (χ2n) is 4.28. The van der Waals surface area contributed by atoms with Crippen molar-refractivity contribution in [3.63, 3.8) is 0 Å². The molecule has 0 amide bonds. The Bertz CT molecular complexity index is 433. The molecule has 5 heteroatoms. The van der Waals surface area contributed by atoms with E-state index in [0.717, 1.165) is 12.1 Å². The van der Waals surface area contributed by atoms with Gasteiger partial charge in [-0.15, -0.1) is 0 Å². The molecule has 0 bridgehead atoms. The molecule has 0 saturated heterocycles. The van der Waals surface area contributed by atoms with Crippen LogP contribution in [0.5, 0.6) is 0 Å². The van der Waals surface area contributed by atoms with Gasteiger partial charge in [0, 0.05) is 6.20 Å². The molecule has 0 aliphatic rings. The van der Waals surface area contributed by atoms with Crippen molar-refractivity contribution < 1.29 is 4.52 Å². The number of hydrogen-bond acceptors (Lipinski definition) is 4. The Balaban J connectivity index is 2.13. The third-order valence-electron chi connectivity index (χ3n) is 2.32. The summed E-state index contributed by atoms with van der Waals surface area (Å²) in [5, 5.41) is 3.89. The molecule has 0 aromatic carbocycles. The zero-order valence-corrected chi connectivity index (χ0v) is 9.47. The van der Waals surface area contributed by atoms with E-state index in [1.165, 1.54) is 0 Å². The number of nitrogens with zero attached hydrogens (tertiary/aromatic N) is 2. The summed E-state index contributed by atoms with van der Waals surface area (Å²) in [5.41, 5.74) is 6.80. The summed E-state index contributed by atoms with van der Waals surface area (Å²) in [6.45, 7) is 4.23. The maximum Gasteiger partial charge on any atom is 0.243 e. The van der Waals surface area contributed by atoms with Crippen LogP contribution in [0.25, 0.3) is 11.5 Å². The highest BCUT2D eigenvalue weighted by Crippen LogP contribution is 2.20. The molecule has 0 aliphatic heterocycles. The summed E-state index contributed by atoms with van der Waals surface area (Å²) in [6.07, 6.45) is 2.66. The van der Waals surface area contributed by atoms with Gasteiger partial charge in [-0.25, -0.2) is 0 Å². The Morgan fingerprint density at radius 1 is 1.50 bits per heavy atom. The van der Waals surface area contributed by atoms with Crippen molar-refractivity contribution in [2.75, 3.05) is 0 Å². The van der Waals surface area contributed by atoms with Crippen LogP contribution in [0.15, 0.2) is 22.9 Å². The maximum absolute atomic E-state index is 5.96. The summed E-state index contributed by atoms with van der Waals surface area (Å²) in [5.74, 6) is 1.56. The normalized spacial score (nSPS) is 13.2. The summed E-state index contributed by atoms with van der Waals surface area (Å²) in [4.78, 5) is 7.29. The van der Waals surface area contributed by atoms with Crippen molar-refractivity contribution >= 4 is 0 Å². The van der Waals surface area contributed by atoms with E-state index >= 15 is 0 Å². The van der Waals surface area contributed by atoms with Crippen LogP contribution >= 0.6 is 0 Å². The molecule has 2 aromatic rings.